The summed E-state index contributed by atoms with van der Waals surface area (Å²) in [5, 5.41) is 19.4. The molecule has 2 atom stereocenters. The number of hydrogen-bond donors (Lipinski definition) is 2. The summed E-state index contributed by atoms with van der Waals surface area (Å²) >= 11 is 18.6. The molecular formula is C44H56Cl3F3N4O. The van der Waals surface area contributed by atoms with E-state index >= 15 is 0 Å². The third kappa shape index (κ3) is 12.8. The number of fused-ring (bicyclic) bond motifs is 4. The van der Waals surface area contributed by atoms with E-state index < -0.39 is 17.8 Å². The second-order valence-electron chi connectivity index (χ2n) is 14.3. The maximum absolute atomic E-state index is 13.4. The maximum Gasteiger partial charge on any atom is 0.416 e. The van der Waals surface area contributed by atoms with E-state index in [0.717, 1.165) is 98.6 Å². The Bertz CT molecular complexity index is 1960. The number of benzene rings is 4. The van der Waals surface area contributed by atoms with Gasteiger partial charge in [-0.15, -0.1) is 0 Å². The molecule has 1 aromatic heterocycles. The van der Waals surface area contributed by atoms with E-state index in [-0.39, 0.29) is 0 Å². The fourth-order valence-electron chi connectivity index (χ4n) is 6.96. The van der Waals surface area contributed by atoms with Crippen LogP contribution in [0.15, 0.2) is 66.9 Å². The molecule has 11 heteroatoms. The maximum atomic E-state index is 13.4. The van der Waals surface area contributed by atoms with Crippen molar-refractivity contribution < 1.29 is 18.3 Å². The molecule has 0 radical (unpaired) electrons. The minimum Gasteiger partial charge on any atom is -0.388 e. The van der Waals surface area contributed by atoms with Crippen LogP contribution in [-0.4, -0.2) is 65.2 Å². The quantitative estimate of drug-likeness (QED) is 0.0863. The molecular weight excluding hydrogens is 764 g/mol. The minimum atomic E-state index is -4.48. The average Bonchev–Trinajstić information content (AvgIpc) is 3.15. The van der Waals surface area contributed by atoms with Crippen LogP contribution in [-0.2, 0) is 6.18 Å². The Morgan fingerprint density at radius 1 is 0.691 bits per heavy atom. The zero-order chi connectivity index (χ0) is 40.1. The summed E-state index contributed by atoms with van der Waals surface area (Å²) in [5.74, 6) is 0. The van der Waals surface area contributed by atoms with Crippen molar-refractivity contribution in [1.82, 2.24) is 14.8 Å². The monoisotopic (exact) mass is 818 g/mol. The van der Waals surface area contributed by atoms with Crippen LogP contribution in [0.4, 0.5) is 18.9 Å². The molecule has 300 valence electrons. The highest BCUT2D eigenvalue weighted by Gasteiger charge is 2.31. The van der Waals surface area contributed by atoms with E-state index in [4.69, 9.17) is 34.8 Å². The number of unbranched alkanes of at least 4 members (excludes halogenated alkanes) is 2. The molecule has 0 spiro atoms. The van der Waals surface area contributed by atoms with E-state index in [1.54, 1.807) is 18.2 Å². The van der Waals surface area contributed by atoms with Crippen LogP contribution < -0.4 is 5.32 Å². The van der Waals surface area contributed by atoms with E-state index in [0.29, 0.717) is 49.6 Å². The first-order valence-corrected chi connectivity index (χ1v) is 20.8. The summed E-state index contributed by atoms with van der Waals surface area (Å²) in [5.41, 5.74) is 1.91. The zero-order valence-corrected chi connectivity index (χ0v) is 35.0. The molecule has 5 nitrogen and oxygen atoms in total. The number of aromatic nitrogens is 1. The molecule has 0 fully saturated rings. The van der Waals surface area contributed by atoms with Gasteiger partial charge in [0, 0.05) is 50.3 Å². The van der Waals surface area contributed by atoms with Crippen molar-refractivity contribution in [3.8, 4) is 0 Å². The number of nitrogens with one attached hydrogen (secondary N) is 1. The molecule has 5 aromatic rings. The van der Waals surface area contributed by atoms with Crippen LogP contribution in [0.5, 0.6) is 0 Å². The summed E-state index contributed by atoms with van der Waals surface area (Å²) < 4.78 is 40.3. The molecule has 4 aromatic carbocycles. The van der Waals surface area contributed by atoms with Crippen molar-refractivity contribution in [3.63, 3.8) is 0 Å². The molecule has 0 aliphatic heterocycles. The molecule has 0 bridgehead atoms. The third-order valence-corrected chi connectivity index (χ3v) is 11.0. The Labute approximate surface area is 340 Å². The van der Waals surface area contributed by atoms with Crippen LogP contribution in [0.3, 0.4) is 0 Å². The first kappa shape index (κ1) is 44.9. The normalized spacial score (nSPS) is 13.1. The van der Waals surface area contributed by atoms with Gasteiger partial charge in [-0.2, -0.15) is 13.2 Å². The number of pyridine rings is 1. The van der Waals surface area contributed by atoms with Crippen LogP contribution in [0.1, 0.15) is 96.8 Å². The van der Waals surface area contributed by atoms with Gasteiger partial charge in [-0.3, -0.25) is 4.98 Å². The van der Waals surface area contributed by atoms with Gasteiger partial charge < -0.3 is 20.2 Å². The second kappa shape index (κ2) is 21.6. The van der Waals surface area contributed by atoms with Crippen molar-refractivity contribution in [2.45, 2.75) is 97.9 Å². The standard InChI is InChI=1S/C26H30Cl2F3NO.C18H26ClN3/c1-3-5-10-32(11-6-4-2)12-9-25(33)23-16-22-21(14-18(27)15-24(22)28)20-13-17(26(29,30)31)7-8-19(20)23;1-4-22(5-2)12-6-7-14(3)21-17-10-11-20-18-13-15(19)8-9-16(17)18/h7-8,13-16,25,33H,3-6,9-12H2,1-2H3;8-11,13-14H,4-7,12H2,1-3H3,(H,20,21). The predicted octanol–water partition coefficient (Wildman–Crippen LogP) is 13.5. The fourth-order valence-corrected chi connectivity index (χ4v) is 7.68. The molecule has 0 saturated carbocycles. The van der Waals surface area contributed by atoms with E-state index in [1.807, 2.05) is 30.5 Å². The molecule has 0 saturated heterocycles. The molecule has 5 rings (SSSR count). The van der Waals surface area contributed by atoms with Crippen LogP contribution in [0.25, 0.3) is 32.4 Å². The van der Waals surface area contributed by atoms with Gasteiger partial charge in [0.2, 0.25) is 0 Å². The Balaban J connectivity index is 0.000000265. The lowest BCUT2D eigenvalue weighted by Gasteiger charge is -2.24. The number of halogens is 6. The van der Waals surface area contributed by atoms with E-state index in [1.165, 1.54) is 19.0 Å². The van der Waals surface area contributed by atoms with E-state index in [2.05, 4.69) is 54.7 Å². The third-order valence-electron chi connectivity index (χ3n) is 10.2. The van der Waals surface area contributed by atoms with Crippen LogP contribution >= 0.6 is 34.8 Å². The highest BCUT2D eigenvalue weighted by Crippen LogP contribution is 2.40. The van der Waals surface area contributed by atoms with Crippen LogP contribution in [0, 0.1) is 0 Å². The first-order chi connectivity index (χ1) is 26.3. The number of rotatable bonds is 18. The summed E-state index contributed by atoms with van der Waals surface area (Å²) in [7, 11) is 0. The lowest BCUT2D eigenvalue weighted by molar-refractivity contribution is -0.137. The Morgan fingerprint density at radius 3 is 2.00 bits per heavy atom. The van der Waals surface area contributed by atoms with E-state index in [9.17, 15) is 18.3 Å². The molecule has 55 heavy (non-hydrogen) atoms. The number of hydrogen-bond acceptors (Lipinski definition) is 5. The highest BCUT2D eigenvalue weighted by atomic mass is 35.5. The Kier molecular flexibility index (Phi) is 17.6. The molecule has 2 N–H and O–H groups in total. The van der Waals surface area contributed by atoms with Crippen LogP contribution in [0.2, 0.25) is 15.1 Å². The molecule has 1 heterocycles. The predicted molar refractivity (Wildman–Crippen MR) is 229 cm³/mol. The summed E-state index contributed by atoms with van der Waals surface area (Å²) in [6.07, 6.45) is 3.78. The Morgan fingerprint density at radius 2 is 1.35 bits per heavy atom. The van der Waals surface area contributed by atoms with Crippen molar-refractivity contribution in [2.24, 2.45) is 0 Å². The number of anilines is 1. The molecule has 2 unspecified atom stereocenters. The molecule has 0 aliphatic rings. The molecule has 0 amide bonds. The fraction of sp³-hybridized carbons (Fsp3) is 0.477. The minimum absolute atomic E-state index is 0.345. The highest BCUT2D eigenvalue weighted by molar-refractivity contribution is 6.39. The van der Waals surface area contributed by atoms with Crippen molar-refractivity contribution >= 4 is 72.9 Å². The van der Waals surface area contributed by atoms with Crippen molar-refractivity contribution in [2.75, 3.05) is 44.6 Å². The number of alkyl halides is 3. The van der Waals surface area contributed by atoms with Gasteiger partial charge in [0.25, 0.3) is 0 Å². The number of nitrogens with zero attached hydrogens (tertiary/aromatic N) is 3. The smallest absolute Gasteiger partial charge is 0.388 e. The largest absolute Gasteiger partial charge is 0.416 e. The zero-order valence-electron chi connectivity index (χ0n) is 32.8. The van der Waals surface area contributed by atoms with Gasteiger partial charge in [-0.25, -0.2) is 0 Å². The van der Waals surface area contributed by atoms with Gasteiger partial charge in [0.1, 0.15) is 0 Å². The number of aliphatic hydroxyl groups is 1. The lowest BCUT2D eigenvalue weighted by atomic mass is 9.92. The summed E-state index contributed by atoms with van der Waals surface area (Å²) in [6, 6.07) is 16.9. The van der Waals surface area contributed by atoms with Crippen molar-refractivity contribution in [1.29, 1.82) is 0 Å². The topological polar surface area (TPSA) is 51.6 Å². The van der Waals surface area contributed by atoms with Gasteiger partial charge in [-0.1, -0.05) is 81.4 Å². The Hall–Kier alpha value is -2.85. The van der Waals surface area contributed by atoms with Crippen molar-refractivity contribution in [3.05, 3.63) is 93.1 Å². The van der Waals surface area contributed by atoms with Gasteiger partial charge in [-0.05, 0) is 148 Å². The average molecular weight is 820 g/mol. The SMILES string of the molecule is CCCCN(CCCC)CCC(O)c1cc2c(Cl)cc(Cl)cc2c2cc(C(F)(F)F)ccc12.CCN(CC)CCCC(C)Nc1ccnc2cc(Cl)ccc12. The lowest BCUT2D eigenvalue weighted by Crippen LogP contribution is -2.28. The number of aliphatic hydroxyl groups excluding tert-OH is 1. The first-order valence-electron chi connectivity index (χ1n) is 19.7. The summed E-state index contributed by atoms with van der Waals surface area (Å²) in [4.78, 5) is 9.21. The van der Waals surface area contributed by atoms with Gasteiger partial charge in [0.15, 0.2) is 0 Å². The molecule has 0 aliphatic carbocycles. The second-order valence-corrected chi connectivity index (χ2v) is 15.6. The van der Waals surface area contributed by atoms with Gasteiger partial charge >= 0.3 is 6.18 Å². The summed E-state index contributed by atoms with van der Waals surface area (Å²) in [6.45, 7) is 17.1. The van der Waals surface area contributed by atoms with Gasteiger partial charge in [0.05, 0.1) is 17.2 Å².